The molecule has 1 aliphatic heterocycles. The maximum absolute atomic E-state index is 12.6. The molecule has 1 heterocycles. The predicted octanol–water partition coefficient (Wildman–Crippen LogP) is 2.20. The van der Waals surface area contributed by atoms with E-state index in [0.29, 0.717) is 44.5 Å². The summed E-state index contributed by atoms with van der Waals surface area (Å²) in [6.45, 7) is 5.48. The standard InChI is InChI=1S/C20H28N2O5/c1-14-12-22(13-15(2)27-14)20(26)17-9-7-16(8-10-17)11-21-18(23)5-3-4-6-19(24)25/h7-10,14-15H,3-6,11-13H2,1-2H3,(H,21,23)(H,24,25). The fourth-order valence-electron chi connectivity index (χ4n) is 3.14. The first-order chi connectivity index (χ1) is 12.8. The molecule has 2 atom stereocenters. The average Bonchev–Trinajstić information content (AvgIpc) is 2.62. The minimum absolute atomic E-state index is 0.00832. The third-order valence-electron chi connectivity index (χ3n) is 4.44. The molecule has 1 fully saturated rings. The Labute approximate surface area is 159 Å². The lowest BCUT2D eigenvalue weighted by Gasteiger charge is -2.35. The van der Waals surface area contributed by atoms with Crippen molar-refractivity contribution in [1.82, 2.24) is 10.2 Å². The van der Waals surface area contributed by atoms with Gasteiger partial charge in [0.2, 0.25) is 5.91 Å². The van der Waals surface area contributed by atoms with Gasteiger partial charge in [0.1, 0.15) is 0 Å². The summed E-state index contributed by atoms with van der Waals surface area (Å²) in [6, 6.07) is 7.24. The summed E-state index contributed by atoms with van der Waals surface area (Å²) in [5.74, 6) is -0.950. The van der Waals surface area contributed by atoms with Crippen molar-refractivity contribution < 1.29 is 24.2 Å². The van der Waals surface area contributed by atoms with Gasteiger partial charge in [-0.05, 0) is 44.4 Å². The van der Waals surface area contributed by atoms with E-state index in [-0.39, 0.29) is 30.4 Å². The molecule has 1 aromatic carbocycles. The van der Waals surface area contributed by atoms with Gasteiger partial charge in [0.15, 0.2) is 0 Å². The van der Waals surface area contributed by atoms with Crippen molar-refractivity contribution in [3.05, 3.63) is 35.4 Å². The van der Waals surface area contributed by atoms with Crippen LogP contribution in [0.25, 0.3) is 0 Å². The molecular formula is C20H28N2O5. The van der Waals surface area contributed by atoms with Crippen LogP contribution in [0.3, 0.4) is 0 Å². The van der Waals surface area contributed by atoms with Crippen molar-refractivity contribution in [3.8, 4) is 0 Å². The van der Waals surface area contributed by atoms with E-state index in [1.165, 1.54) is 0 Å². The molecule has 7 nitrogen and oxygen atoms in total. The van der Waals surface area contributed by atoms with Crippen LogP contribution in [0.4, 0.5) is 0 Å². The highest BCUT2D eigenvalue weighted by atomic mass is 16.5. The number of rotatable bonds is 8. The molecule has 148 valence electrons. The number of aliphatic carboxylic acids is 1. The Balaban J connectivity index is 1.78. The Morgan fingerprint density at radius 3 is 2.26 bits per heavy atom. The van der Waals surface area contributed by atoms with E-state index in [0.717, 1.165) is 5.56 Å². The van der Waals surface area contributed by atoms with Gasteiger partial charge in [-0.1, -0.05) is 12.1 Å². The van der Waals surface area contributed by atoms with Crippen LogP contribution in [-0.4, -0.2) is 53.1 Å². The molecule has 1 saturated heterocycles. The summed E-state index contributed by atoms with van der Waals surface area (Å²) in [5, 5.41) is 11.4. The first kappa shape index (κ1) is 20.9. The molecular weight excluding hydrogens is 348 g/mol. The van der Waals surface area contributed by atoms with E-state index in [1.54, 1.807) is 12.1 Å². The molecule has 1 aliphatic rings. The van der Waals surface area contributed by atoms with Gasteiger partial charge in [-0.25, -0.2) is 0 Å². The van der Waals surface area contributed by atoms with Crippen molar-refractivity contribution in [3.63, 3.8) is 0 Å². The molecule has 7 heteroatoms. The van der Waals surface area contributed by atoms with Crippen LogP contribution in [0.15, 0.2) is 24.3 Å². The van der Waals surface area contributed by atoms with Gasteiger partial charge in [0.25, 0.3) is 5.91 Å². The van der Waals surface area contributed by atoms with Crippen LogP contribution in [-0.2, 0) is 20.9 Å². The van der Waals surface area contributed by atoms with Crippen molar-refractivity contribution in [2.75, 3.05) is 13.1 Å². The Bertz CT molecular complexity index is 649. The number of carbonyl (C=O) groups is 3. The number of carboxylic acid groups (broad SMARTS) is 1. The molecule has 2 amide bonds. The number of carboxylic acids is 1. The highest BCUT2D eigenvalue weighted by Crippen LogP contribution is 2.15. The smallest absolute Gasteiger partial charge is 0.303 e. The minimum atomic E-state index is -0.842. The zero-order valence-corrected chi connectivity index (χ0v) is 15.9. The normalized spacial score (nSPS) is 19.6. The Kier molecular flexibility index (Phi) is 7.79. The molecule has 0 radical (unpaired) electrons. The van der Waals surface area contributed by atoms with Gasteiger partial charge in [0, 0.05) is 38.0 Å². The first-order valence-electron chi connectivity index (χ1n) is 9.37. The molecule has 2 unspecified atom stereocenters. The van der Waals surface area contributed by atoms with Crippen LogP contribution in [0, 0.1) is 0 Å². The van der Waals surface area contributed by atoms with Crippen molar-refractivity contribution in [2.24, 2.45) is 0 Å². The Hall–Kier alpha value is -2.41. The second kappa shape index (κ2) is 10.1. The molecule has 2 rings (SSSR count). The van der Waals surface area contributed by atoms with E-state index in [2.05, 4.69) is 5.32 Å². The summed E-state index contributed by atoms with van der Waals surface area (Å²) in [6.07, 6.45) is 1.52. The van der Waals surface area contributed by atoms with Crippen LogP contribution < -0.4 is 5.32 Å². The third kappa shape index (κ3) is 7.02. The van der Waals surface area contributed by atoms with Crippen LogP contribution in [0.2, 0.25) is 0 Å². The number of hydrogen-bond acceptors (Lipinski definition) is 4. The lowest BCUT2D eigenvalue weighted by Crippen LogP contribution is -2.48. The van der Waals surface area contributed by atoms with Gasteiger partial charge < -0.3 is 20.1 Å². The van der Waals surface area contributed by atoms with Gasteiger partial charge in [-0.15, -0.1) is 0 Å². The van der Waals surface area contributed by atoms with Crippen LogP contribution >= 0.6 is 0 Å². The summed E-state index contributed by atoms with van der Waals surface area (Å²) in [7, 11) is 0. The van der Waals surface area contributed by atoms with E-state index in [1.807, 2.05) is 30.9 Å². The largest absolute Gasteiger partial charge is 0.481 e. The number of unbranched alkanes of at least 4 members (excludes halogenated alkanes) is 1. The summed E-state index contributed by atoms with van der Waals surface area (Å²) in [4.78, 5) is 36.6. The molecule has 0 bridgehead atoms. The highest BCUT2D eigenvalue weighted by Gasteiger charge is 2.26. The Morgan fingerprint density at radius 1 is 1.07 bits per heavy atom. The number of hydrogen-bond donors (Lipinski definition) is 2. The topological polar surface area (TPSA) is 95.9 Å². The number of benzene rings is 1. The summed E-state index contributed by atoms with van der Waals surface area (Å²) < 4.78 is 5.66. The predicted molar refractivity (Wildman–Crippen MR) is 100 cm³/mol. The average molecular weight is 376 g/mol. The lowest BCUT2D eigenvalue weighted by molar-refractivity contribution is -0.137. The van der Waals surface area contributed by atoms with E-state index in [9.17, 15) is 14.4 Å². The maximum atomic E-state index is 12.6. The second-order valence-corrected chi connectivity index (χ2v) is 7.04. The molecule has 0 saturated carbocycles. The van der Waals surface area contributed by atoms with Crippen molar-refractivity contribution in [2.45, 2.75) is 58.3 Å². The van der Waals surface area contributed by atoms with E-state index < -0.39 is 5.97 Å². The quantitative estimate of drug-likeness (QED) is 0.678. The number of nitrogens with one attached hydrogen (secondary N) is 1. The monoisotopic (exact) mass is 376 g/mol. The molecule has 27 heavy (non-hydrogen) atoms. The summed E-state index contributed by atoms with van der Waals surface area (Å²) in [5.41, 5.74) is 1.54. The minimum Gasteiger partial charge on any atom is -0.481 e. The number of amides is 2. The number of nitrogens with zero attached hydrogens (tertiary/aromatic N) is 1. The fourth-order valence-corrected chi connectivity index (χ4v) is 3.14. The third-order valence-corrected chi connectivity index (χ3v) is 4.44. The van der Waals surface area contributed by atoms with Gasteiger partial charge in [0.05, 0.1) is 12.2 Å². The van der Waals surface area contributed by atoms with E-state index >= 15 is 0 Å². The SMILES string of the molecule is CC1CN(C(=O)c2ccc(CNC(=O)CCCCC(=O)O)cc2)CC(C)O1. The molecule has 0 aliphatic carbocycles. The van der Waals surface area contributed by atoms with Gasteiger partial charge >= 0.3 is 5.97 Å². The zero-order valence-electron chi connectivity index (χ0n) is 15.9. The Morgan fingerprint density at radius 2 is 1.67 bits per heavy atom. The lowest BCUT2D eigenvalue weighted by atomic mass is 10.1. The molecule has 2 N–H and O–H groups in total. The van der Waals surface area contributed by atoms with Gasteiger partial charge in [-0.2, -0.15) is 0 Å². The molecule has 0 aromatic heterocycles. The molecule has 1 aromatic rings. The highest BCUT2D eigenvalue weighted by molar-refractivity contribution is 5.94. The van der Waals surface area contributed by atoms with Crippen molar-refractivity contribution >= 4 is 17.8 Å². The molecule has 0 spiro atoms. The zero-order chi connectivity index (χ0) is 19.8. The second-order valence-electron chi connectivity index (χ2n) is 7.04. The first-order valence-corrected chi connectivity index (χ1v) is 9.37. The maximum Gasteiger partial charge on any atom is 0.303 e. The van der Waals surface area contributed by atoms with Gasteiger partial charge in [-0.3, -0.25) is 14.4 Å². The van der Waals surface area contributed by atoms with Crippen LogP contribution in [0.5, 0.6) is 0 Å². The van der Waals surface area contributed by atoms with E-state index in [4.69, 9.17) is 9.84 Å². The van der Waals surface area contributed by atoms with Crippen molar-refractivity contribution in [1.29, 1.82) is 0 Å². The summed E-state index contributed by atoms with van der Waals surface area (Å²) >= 11 is 0. The van der Waals surface area contributed by atoms with Crippen LogP contribution in [0.1, 0.15) is 55.5 Å². The number of ether oxygens (including phenoxy) is 1. The number of morpholine rings is 1. The fraction of sp³-hybridized carbons (Fsp3) is 0.550. The number of carbonyl (C=O) groups excluding carboxylic acids is 2.